The van der Waals surface area contributed by atoms with E-state index in [1.807, 2.05) is 97.9 Å². The maximum atomic E-state index is 10.1. The Hall–Kier alpha value is -2.54. The van der Waals surface area contributed by atoms with Crippen LogP contribution in [0.25, 0.3) is 0 Å². The van der Waals surface area contributed by atoms with Gasteiger partial charge >= 0.3 is 0 Å². The molecule has 33 heavy (non-hydrogen) atoms. The summed E-state index contributed by atoms with van der Waals surface area (Å²) >= 11 is 0. The Morgan fingerprint density at radius 1 is 0.606 bits per heavy atom. The maximum absolute atomic E-state index is 10.1. The lowest BCUT2D eigenvalue weighted by Crippen LogP contribution is -2.60. The number of hydrogen-bond acceptors (Lipinski definition) is 5. The van der Waals surface area contributed by atoms with Crippen molar-refractivity contribution in [3.63, 3.8) is 0 Å². The van der Waals surface area contributed by atoms with Gasteiger partial charge in [-0.15, -0.1) is 0 Å². The van der Waals surface area contributed by atoms with Gasteiger partial charge in [-0.3, -0.25) is 0 Å². The first-order valence-corrected chi connectivity index (χ1v) is 11.5. The lowest BCUT2D eigenvalue weighted by molar-refractivity contribution is -0.266. The molecule has 0 bridgehead atoms. The Bertz CT molecular complexity index is 934. The van der Waals surface area contributed by atoms with Gasteiger partial charge in [-0.05, 0) is 23.6 Å². The molecule has 0 saturated carbocycles. The fourth-order valence-corrected chi connectivity index (χ4v) is 4.17. The van der Waals surface area contributed by atoms with Crippen molar-refractivity contribution < 1.29 is 24.1 Å². The highest BCUT2D eigenvalue weighted by Gasteiger charge is 2.46. The van der Waals surface area contributed by atoms with Gasteiger partial charge in [-0.2, -0.15) is 0 Å². The van der Waals surface area contributed by atoms with Crippen LogP contribution in [0.5, 0.6) is 0 Å². The molecular formula is C28H32O5. The van der Waals surface area contributed by atoms with Crippen molar-refractivity contribution in [1.29, 1.82) is 0 Å². The first kappa shape index (κ1) is 23.6. The predicted molar refractivity (Wildman–Crippen MR) is 126 cm³/mol. The van der Waals surface area contributed by atoms with E-state index in [0.29, 0.717) is 19.8 Å². The van der Waals surface area contributed by atoms with Crippen LogP contribution in [0.1, 0.15) is 23.6 Å². The first-order chi connectivity index (χ1) is 16.2. The van der Waals surface area contributed by atoms with Crippen LogP contribution < -0.4 is 0 Å². The third-order valence-corrected chi connectivity index (χ3v) is 5.90. The van der Waals surface area contributed by atoms with Crippen molar-refractivity contribution in [2.75, 3.05) is 6.61 Å². The molecule has 1 aliphatic rings. The van der Waals surface area contributed by atoms with E-state index in [-0.39, 0.29) is 18.8 Å². The smallest absolute Gasteiger partial charge is 0.115 e. The number of hydrogen-bond donors (Lipinski definition) is 1. The monoisotopic (exact) mass is 448 g/mol. The zero-order valence-corrected chi connectivity index (χ0v) is 19.0. The van der Waals surface area contributed by atoms with E-state index >= 15 is 0 Å². The highest BCUT2D eigenvalue weighted by Crippen LogP contribution is 2.30. The lowest BCUT2D eigenvalue weighted by atomic mass is 9.94. The zero-order valence-electron chi connectivity index (χ0n) is 19.0. The Morgan fingerprint density at radius 2 is 1.00 bits per heavy atom. The molecule has 1 fully saturated rings. The average Bonchev–Trinajstić information content (AvgIpc) is 2.87. The van der Waals surface area contributed by atoms with Gasteiger partial charge < -0.3 is 24.1 Å². The molecule has 4 rings (SSSR count). The summed E-state index contributed by atoms with van der Waals surface area (Å²) in [5, 5.41) is 10.1. The molecule has 0 amide bonds. The van der Waals surface area contributed by atoms with Crippen LogP contribution in [0.15, 0.2) is 91.0 Å². The van der Waals surface area contributed by atoms with Crippen molar-refractivity contribution in [2.45, 2.75) is 57.3 Å². The third-order valence-electron chi connectivity index (χ3n) is 5.90. The minimum Gasteiger partial charge on any atom is -0.394 e. The summed E-state index contributed by atoms with van der Waals surface area (Å²) in [5.41, 5.74) is 3.20. The van der Waals surface area contributed by atoms with Gasteiger partial charge in [-0.1, -0.05) is 91.0 Å². The molecular weight excluding hydrogens is 416 g/mol. The zero-order chi connectivity index (χ0) is 22.9. The molecule has 5 atom stereocenters. The number of aliphatic hydroxyl groups is 1. The quantitative estimate of drug-likeness (QED) is 0.494. The number of benzene rings is 3. The largest absolute Gasteiger partial charge is 0.394 e. The van der Waals surface area contributed by atoms with E-state index in [4.69, 9.17) is 18.9 Å². The molecule has 1 heterocycles. The van der Waals surface area contributed by atoms with E-state index in [0.717, 1.165) is 16.7 Å². The van der Waals surface area contributed by atoms with E-state index in [2.05, 4.69) is 0 Å². The number of rotatable bonds is 10. The first-order valence-electron chi connectivity index (χ1n) is 11.5. The van der Waals surface area contributed by atoms with Crippen molar-refractivity contribution in [1.82, 2.24) is 0 Å². The number of ether oxygens (including phenoxy) is 4. The Balaban J connectivity index is 1.53. The molecule has 1 aliphatic heterocycles. The second-order valence-electron chi connectivity index (χ2n) is 8.35. The van der Waals surface area contributed by atoms with Gasteiger partial charge in [0.25, 0.3) is 0 Å². The summed E-state index contributed by atoms with van der Waals surface area (Å²) in [6.45, 7) is 3.08. The molecule has 0 unspecified atom stereocenters. The van der Waals surface area contributed by atoms with Crippen LogP contribution in [-0.4, -0.2) is 42.2 Å². The maximum Gasteiger partial charge on any atom is 0.115 e. The molecule has 0 spiro atoms. The Kier molecular flexibility index (Phi) is 8.64. The van der Waals surface area contributed by atoms with Crippen molar-refractivity contribution in [3.8, 4) is 0 Å². The fraction of sp³-hybridized carbons (Fsp3) is 0.357. The van der Waals surface area contributed by atoms with E-state index in [1.165, 1.54) is 0 Å². The normalized spacial score (nSPS) is 25.1. The van der Waals surface area contributed by atoms with E-state index in [1.54, 1.807) is 0 Å². The van der Waals surface area contributed by atoms with Crippen molar-refractivity contribution in [3.05, 3.63) is 108 Å². The van der Waals surface area contributed by atoms with E-state index in [9.17, 15) is 5.11 Å². The van der Waals surface area contributed by atoms with Gasteiger partial charge in [0, 0.05) is 0 Å². The molecule has 1 N–H and O–H groups in total. The van der Waals surface area contributed by atoms with Crippen LogP contribution in [0.3, 0.4) is 0 Å². The molecule has 0 radical (unpaired) electrons. The minimum atomic E-state index is -0.499. The summed E-state index contributed by atoms with van der Waals surface area (Å²) in [4.78, 5) is 0. The van der Waals surface area contributed by atoms with E-state index < -0.39 is 18.3 Å². The summed E-state index contributed by atoms with van der Waals surface area (Å²) in [6, 6.07) is 30.1. The Morgan fingerprint density at radius 3 is 1.42 bits per heavy atom. The van der Waals surface area contributed by atoms with Gasteiger partial charge in [-0.25, -0.2) is 0 Å². The average molecular weight is 449 g/mol. The third kappa shape index (κ3) is 6.50. The highest BCUT2D eigenvalue weighted by atomic mass is 16.6. The van der Waals surface area contributed by atoms with Gasteiger partial charge in [0.15, 0.2) is 0 Å². The molecule has 1 saturated heterocycles. The fourth-order valence-electron chi connectivity index (χ4n) is 4.17. The Labute approximate surface area is 195 Å². The molecule has 5 nitrogen and oxygen atoms in total. The second kappa shape index (κ2) is 12.1. The molecule has 0 aromatic heterocycles. The summed E-state index contributed by atoms with van der Waals surface area (Å²) in [7, 11) is 0. The van der Waals surface area contributed by atoms with Crippen LogP contribution >= 0.6 is 0 Å². The summed E-state index contributed by atoms with van der Waals surface area (Å²) < 4.78 is 25.2. The molecule has 3 aromatic rings. The highest BCUT2D eigenvalue weighted by molar-refractivity contribution is 5.15. The minimum absolute atomic E-state index is 0.152. The van der Waals surface area contributed by atoms with Crippen LogP contribution in [-0.2, 0) is 38.8 Å². The van der Waals surface area contributed by atoms with Crippen LogP contribution in [0.2, 0.25) is 0 Å². The van der Waals surface area contributed by atoms with Crippen LogP contribution in [0, 0.1) is 0 Å². The van der Waals surface area contributed by atoms with Crippen molar-refractivity contribution in [2.24, 2.45) is 0 Å². The summed E-state index contributed by atoms with van der Waals surface area (Å²) in [5.74, 6) is 0. The molecule has 174 valence electrons. The van der Waals surface area contributed by atoms with Crippen LogP contribution in [0.4, 0.5) is 0 Å². The molecule has 3 aromatic carbocycles. The lowest BCUT2D eigenvalue weighted by Gasteiger charge is -2.45. The predicted octanol–water partition coefficient (Wildman–Crippen LogP) is 4.52. The topological polar surface area (TPSA) is 57.2 Å². The second-order valence-corrected chi connectivity index (χ2v) is 8.35. The SMILES string of the molecule is C[C@@H]1O[C@@H](CO)[C@H](OCc2ccccc2)[C@H](OCc2ccccc2)[C@H]1OCc1ccccc1. The van der Waals surface area contributed by atoms with Gasteiger partial charge in [0.05, 0.1) is 32.5 Å². The van der Waals surface area contributed by atoms with Gasteiger partial charge in [0.1, 0.15) is 24.4 Å². The van der Waals surface area contributed by atoms with Gasteiger partial charge in [0.2, 0.25) is 0 Å². The van der Waals surface area contributed by atoms with Crippen molar-refractivity contribution >= 4 is 0 Å². The summed E-state index contributed by atoms with van der Waals surface area (Å²) in [6.07, 6.45) is -1.99. The molecule has 5 heteroatoms. The standard InChI is InChI=1S/C28H32O5/c1-21-26(30-18-22-11-5-2-6-12-22)28(32-20-24-15-9-4-10-16-24)27(25(17-29)33-21)31-19-23-13-7-3-8-14-23/h2-16,21,25-29H,17-20H2,1H3/t21-,25-,26-,27-,28+/m0/s1. The number of aliphatic hydroxyl groups excluding tert-OH is 1. The molecule has 0 aliphatic carbocycles.